The predicted octanol–water partition coefficient (Wildman–Crippen LogP) is 13.6. The third-order valence-corrected chi connectivity index (χ3v) is 30.5. The first-order valence-electron chi connectivity index (χ1n) is 19.7. The van der Waals surface area contributed by atoms with Gasteiger partial charge in [0.05, 0.1) is 30.5 Å². The summed E-state index contributed by atoms with van der Waals surface area (Å²) in [5.41, 5.74) is 2.01. The molecule has 0 bridgehead atoms. The Bertz CT molecular complexity index is 1480. The molecule has 56 heavy (non-hydrogen) atoms. The molecule has 0 amide bonds. The molecule has 8 nitrogen and oxygen atoms in total. The molecule has 2 aromatic carbocycles. The van der Waals surface area contributed by atoms with Crippen molar-refractivity contribution in [1.82, 2.24) is 9.97 Å². The molecule has 0 aliphatic heterocycles. The number of benzene rings is 2. The summed E-state index contributed by atoms with van der Waals surface area (Å²) < 4.78 is 43.0. The number of fused-ring (bicyclic) bond motifs is 2. The SMILES string of the molecule is CCCO[Si](OCCC)(OCCC)C(C)(CSSSSSSCC(C)(c1nc2ccccc2s1)[Si](OCCC)(OCCC)OCCC)c1nc2ccccc2s1. The number of nitrogens with zero attached hydrogens (tertiary/aromatic N) is 2. The minimum atomic E-state index is -3.26. The van der Waals surface area contributed by atoms with Gasteiger partial charge in [-0.2, -0.15) is 0 Å². The summed E-state index contributed by atoms with van der Waals surface area (Å²) in [6.07, 6.45) is 5.34. The van der Waals surface area contributed by atoms with Crippen molar-refractivity contribution in [3.63, 3.8) is 0 Å². The molecule has 4 rings (SSSR count). The first-order chi connectivity index (χ1) is 27.2. The van der Waals surface area contributed by atoms with E-state index < -0.39 is 27.7 Å². The topological polar surface area (TPSA) is 81.2 Å². The largest absolute Gasteiger partial charge is 0.515 e. The minimum absolute atomic E-state index is 0.538. The quantitative estimate of drug-likeness (QED) is 0.0273. The van der Waals surface area contributed by atoms with Gasteiger partial charge in [-0.15, -0.1) is 22.7 Å². The van der Waals surface area contributed by atoms with Gasteiger partial charge in [0.2, 0.25) is 0 Å². The Hall–Kier alpha value is 0.514. The smallest absolute Gasteiger partial charge is 0.373 e. The zero-order valence-corrected chi connectivity index (χ0v) is 42.7. The Morgan fingerprint density at radius 3 is 1.07 bits per heavy atom. The fraction of sp³-hybridized carbons (Fsp3) is 0.632. The number of para-hydroxylation sites is 2. The molecule has 2 heterocycles. The second-order valence-electron chi connectivity index (χ2n) is 13.6. The van der Waals surface area contributed by atoms with Crippen LogP contribution < -0.4 is 0 Å². The summed E-state index contributed by atoms with van der Waals surface area (Å²) in [5.74, 6) is 1.49. The third kappa shape index (κ3) is 12.6. The van der Waals surface area contributed by atoms with Gasteiger partial charge in [-0.05, 0) is 116 Å². The maximum absolute atomic E-state index is 6.78. The Balaban J connectivity index is 1.50. The van der Waals surface area contributed by atoms with Gasteiger partial charge in [0.25, 0.3) is 0 Å². The van der Waals surface area contributed by atoms with Gasteiger partial charge in [0, 0.05) is 51.1 Å². The van der Waals surface area contributed by atoms with Crippen molar-refractivity contribution in [2.75, 3.05) is 51.1 Å². The molecule has 0 N–H and O–H groups in total. The van der Waals surface area contributed by atoms with Crippen LogP contribution in [-0.2, 0) is 36.6 Å². The van der Waals surface area contributed by atoms with Gasteiger partial charge in [-0.1, -0.05) is 87.4 Å². The zero-order valence-electron chi connectivity index (χ0n) is 34.1. The highest BCUT2D eigenvalue weighted by molar-refractivity contribution is 9.41. The molecule has 18 heteroatoms. The summed E-state index contributed by atoms with van der Waals surface area (Å²) in [6, 6.07) is 16.7. The van der Waals surface area contributed by atoms with Gasteiger partial charge in [0.15, 0.2) is 0 Å². The Morgan fingerprint density at radius 1 is 0.482 bits per heavy atom. The van der Waals surface area contributed by atoms with Gasteiger partial charge in [0.1, 0.15) is 10.0 Å². The van der Waals surface area contributed by atoms with E-state index in [4.69, 9.17) is 36.5 Å². The van der Waals surface area contributed by atoms with Crippen LogP contribution >= 0.6 is 83.6 Å². The van der Waals surface area contributed by atoms with Crippen molar-refractivity contribution >= 4 is 122 Å². The van der Waals surface area contributed by atoms with E-state index in [0.29, 0.717) is 39.6 Å². The lowest BCUT2D eigenvalue weighted by atomic mass is 10.2. The molecule has 2 unspecified atom stereocenters. The van der Waals surface area contributed by atoms with Crippen molar-refractivity contribution < 1.29 is 26.6 Å². The van der Waals surface area contributed by atoms with Crippen molar-refractivity contribution in [2.45, 2.75) is 104 Å². The summed E-state index contributed by atoms with van der Waals surface area (Å²) in [6.45, 7) is 20.9. The van der Waals surface area contributed by atoms with E-state index in [1.165, 1.54) is 9.40 Å². The molecule has 0 aliphatic carbocycles. The van der Waals surface area contributed by atoms with E-state index in [2.05, 4.69) is 104 Å². The summed E-state index contributed by atoms with van der Waals surface area (Å²) >= 11 is 3.47. The normalized spacial score (nSPS) is 14.8. The fourth-order valence-corrected chi connectivity index (χ4v) is 29.4. The van der Waals surface area contributed by atoms with Crippen molar-refractivity contribution in [3.8, 4) is 0 Å². The minimum Gasteiger partial charge on any atom is -0.373 e. The van der Waals surface area contributed by atoms with Crippen LogP contribution in [0.1, 0.15) is 104 Å². The van der Waals surface area contributed by atoms with Crippen LogP contribution in [0.2, 0.25) is 0 Å². The Morgan fingerprint density at radius 2 is 0.786 bits per heavy atom. The average molecular weight is 954 g/mol. The van der Waals surface area contributed by atoms with Crippen LogP contribution in [0.4, 0.5) is 0 Å². The molecule has 0 radical (unpaired) electrons. The van der Waals surface area contributed by atoms with Crippen LogP contribution in [0, 0.1) is 0 Å². The van der Waals surface area contributed by atoms with E-state index in [9.17, 15) is 0 Å². The first-order valence-corrected chi connectivity index (χ1v) is 32.6. The average Bonchev–Trinajstić information content (AvgIpc) is 3.87. The lowest BCUT2D eigenvalue weighted by Crippen LogP contribution is -2.63. The number of hydrogen-bond donors (Lipinski definition) is 0. The maximum atomic E-state index is 6.78. The van der Waals surface area contributed by atoms with Crippen LogP contribution in [-0.4, -0.2) is 78.7 Å². The highest BCUT2D eigenvalue weighted by atomic mass is 33.9. The molecular formula is C38H60N2O6S8Si2. The van der Waals surface area contributed by atoms with Crippen LogP contribution in [0.3, 0.4) is 0 Å². The Kier molecular flexibility index (Phi) is 22.3. The van der Waals surface area contributed by atoms with Crippen LogP contribution in [0.5, 0.6) is 0 Å². The van der Waals surface area contributed by atoms with Gasteiger partial charge < -0.3 is 26.6 Å². The zero-order chi connectivity index (χ0) is 40.3. The first kappa shape index (κ1) is 49.2. The Labute approximate surface area is 368 Å². The second-order valence-corrected chi connectivity index (χ2v) is 31.4. The summed E-state index contributed by atoms with van der Waals surface area (Å²) in [4.78, 5) is 10.4. The van der Waals surface area contributed by atoms with E-state index in [-0.39, 0.29) is 0 Å². The van der Waals surface area contributed by atoms with Crippen LogP contribution in [0.25, 0.3) is 20.4 Å². The molecule has 4 aromatic rings. The highest BCUT2D eigenvalue weighted by Gasteiger charge is 2.62. The molecule has 0 fully saturated rings. The monoisotopic (exact) mass is 952 g/mol. The molecule has 2 atom stereocenters. The van der Waals surface area contributed by atoms with Crippen molar-refractivity contribution in [2.24, 2.45) is 0 Å². The van der Waals surface area contributed by atoms with E-state index in [1.54, 1.807) is 62.0 Å². The van der Waals surface area contributed by atoms with Gasteiger partial charge >= 0.3 is 17.6 Å². The molecule has 314 valence electrons. The molecule has 0 spiro atoms. The third-order valence-electron chi connectivity index (χ3n) is 8.74. The summed E-state index contributed by atoms with van der Waals surface area (Å²) in [7, 11) is 4.25. The molecular weight excluding hydrogens is 893 g/mol. The lowest BCUT2D eigenvalue weighted by molar-refractivity contribution is 0.0385. The van der Waals surface area contributed by atoms with Crippen molar-refractivity contribution in [1.29, 1.82) is 0 Å². The highest BCUT2D eigenvalue weighted by Crippen LogP contribution is 2.56. The maximum Gasteiger partial charge on any atom is 0.515 e. The fourth-order valence-electron chi connectivity index (χ4n) is 5.75. The lowest BCUT2D eigenvalue weighted by Gasteiger charge is -2.42. The molecule has 0 aliphatic rings. The second kappa shape index (κ2) is 25.4. The number of rotatable bonds is 31. The number of aromatic nitrogens is 2. The van der Waals surface area contributed by atoms with E-state index in [0.717, 1.165) is 71.1 Å². The van der Waals surface area contributed by atoms with Gasteiger partial charge in [-0.3, -0.25) is 0 Å². The van der Waals surface area contributed by atoms with Crippen molar-refractivity contribution in [3.05, 3.63) is 58.5 Å². The number of thiazole rings is 2. The molecule has 2 aromatic heterocycles. The van der Waals surface area contributed by atoms with E-state index in [1.807, 2.05) is 21.6 Å². The predicted molar refractivity (Wildman–Crippen MR) is 258 cm³/mol. The molecule has 0 saturated carbocycles. The number of hydrogen-bond acceptors (Lipinski definition) is 16. The standard InChI is InChI=1S/C38H60N2O6S8Si2/c1-9-23-41-55(42-24-10-2,43-25-11-3)37(7,35-39-31-19-15-17-21-33(31)49-35)29-47-51-53-54-52-48-30-38(8,36-40-32-20-16-18-22-34(32)50-36)56(44-26-12-4,45-27-13-5)46-28-14-6/h15-22H,9-14,23-30H2,1-8H3. The van der Waals surface area contributed by atoms with E-state index >= 15 is 0 Å². The molecule has 0 saturated heterocycles. The summed E-state index contributed by atoms with van der Waals surface area (Å²) in [5, 5.41) is 0.964. The van der Waals surface area contributed by atoms with Gasteiger partial charge in [-0.25, -0.2) is 9.97 Å². The van der Waals surface area contributed by atoms with Crippen LogP contribution in [0.15, 0.2) is 48.5 Å².